The molecule has 0 spiro atoms. The van der Waals surface area contributed by atoms with E-state index in [-0.39, 0.29) is 41.0 Å². The van der Waals surface area contributed by atoms with Gasteiger partial charge in [0, 0.05) is 41.2 Å². The molecule has 2 aliphatic rings. The maximum absolute atomic E-state index is 12.8. The van der Waals surface area contributed by atoms with Gasteiger partial charge >= 0.3 is 17.8 Å². The van der Waals surface area contributed by atoms with Gasteiger partial charge in [0.25, 0.3) is 5.91 Å². The van der Waals surface area contributed by atoms with Crippen LogP contribution in [0.25, 0.3) is 33.4 Å². The Bertz CT molecular complexity index is 1570. The van der Waals surface area contributed by atoms with Crippen LogP contribution in [0, 0.1) is 6.92 Å². The number of amides is 2. The highest BCUT2D eigenvalue weighted by molar-refractivity contribution is 6.31. The highest BCUT2D eigenvalue weighted by atomic mass is 16.4. The van der Waals surface area contributed by atoms with Crippen molar-refractivity contribution in [2.75, 3.05) is 13.1 Å². The molecule has 0 unspecified atom stereocenters. The predicted octanol–water partition coefficient (Wildman–Crippen LogP) is 2.50. The van der Waals surface area contributed by atoms with Crippen molar-refractivity contribution < 1.29 is 33.8 Å². The lowest BCUT2D eigenvalue weighted by Crippen LogP contribution is -2.37. The van der Waals surface area contributed by atoms with Crippen molar-refractivity contribution in [1.29, 1.82) is 0 Å². The van der Waals surface area contributed by atoms with Crippen LogP contribution >= 0.6 is 0 Å². The second-order valence-corrected chi connectivity index (χ2v) is 8.02. The SMILES string of the molecule is Cc1ccc2c(-c3cc(C(=O)NCCNC(=O)C(=O)O)ccc3C(=O)O)c3ccc(=O)cc-3oc2c1. The third-order valence-corrected chi connectivity index (χ3v) is 5.52. The number of rotatable bonds is 6. The number of nitrogens with one attached hydrogen (secondary N) is 2. The van der Waals surface area contributed by atoms with E-state index < -0.39 is 23.8 Å². The molecule has 4 rings (SSSR count). The molecule has 2 aromatic carbocycles. The number of hydrogen-bond donors (Lipinski definition) is 4. The molecule has 0 fully saturated rings. The zero-order valence-corrected chi connectivity index (χ0v) is 19.0. The van der Waals surface area contributed by atoms with Crippen molar-refractivity contribution in [3.8, 4) is 22.5 Å². The second kappa shape index (κ2) is 9.71. The summed E-state index contributed by atoms with van der Waals surface area (Å²) in [6, 6.07) is 13.7. The largest absolute Gasteiger partial charge is 0.478 e. The number of aromatic carboxylic acids is 1. The Morgan fingerprint density at radius 1 is 0.861 bits per heavy atom. The Balaban J connectivity index is 1.81. The van der Waals surface area contributed by atoms with E-state index in [0.29, 0.717) is 22.1 Å². The predicted molar refractivity (Wildman–Crippen MR) is 129 cm³/mol. The first-order valence-electron chi connectivity index (χ1n) is 10.8. The maximum Gasteiger partial charge on any atom is 0.394 e. The van der Waals surface area contributed by atoms with E-state index in [0.717, 1.165) is 5.56 Å². The van der Waals surface area contributed by atoms with Crippen LogP contribution in [-0.2, 0) is 9.59 Å². The zero-order valence-electron chi connectivity index (χ0n) is 19.0. The van der Waals surface area contributed by atoms with Gasteiger partial charge in [-0.15, -0.1) is 0 Å². The first kappa shape index (κ1) is 24.1. The van der Waals surface area contributed by atoms with E-state index in [1.54, 1.807) is 18.2 Å². The number of aliphatic carboxylic acids is 1. The Hall–Kier alpha value is -4.99. The fourth-order valence-corrected chi connectivity index (χ4v) is 3.88. The number of benzene rings is 3. The van der Waals surface area contributed by atoms with E-state index >= 15 is 0 Å². The smallest absolute Gasteiger partial charge is 0.394 e. The fourth-order valence-electron chi connectivity index (χ4n) is 3.88. The summed E-state index contributed by atoms with van der Waals surface area (Å²) in [7, 11) is 0. The molecule has 10 heteroatoms. The molecule has 1 aliphatic heterocycles. The number of carbonyl (C=O) groups is 4. The molecule has 0 atom stereocenters. The zero-order chi connectivity index (χ0) is 26.0. The van der Waals surface area contributed by atoms with Crippen LogP contribution in [0.15, 0.2) is 63.8 Å². The Labute approximate surface area is 203 Å². The molecule has 10 nitrogen and oxygen atoms in total. The van der Waals surface area contributed by atoms with Crippen LogP contribution in [0.2, 0.25) is 0 Å². The Morgan fingerprint density at radius 3 is 2.33 bits per heavy atom. The van der Waals surface area contributed by atoms with E-state index in [1.807, 2.05) is 13.0 Å². The maximum atomic E-state index is 12.8. The van der Waals surface area contributed by atoms with Crippen LogP contribution in [-0.4, -0.2) is 47.1 Å². The quantitative estimate of drug-likeness (QED) is 0.183. The lowest BCUT2D eigenvalue weighted by molar-refractivity contribution is -0.150. The van der Waals surface area contributed by atoms with Crippen molar-refractivity contribution in [3.05, 3.63) is 81.5 Å². The molecule has 0 saturated carbocycles. The Kier molecular flexibility index (Phi) is 6.51. The monoisotopic (exact) mass is 488 g/mol. The molecule has 0 radical (unpaired) electrons. The minimum atomic E-state index is -1.64. The molecule has 0 saturated heterocycles. The van der Waals surface area contributed by atoms with Crippen molar-refractivity contribution in [2.45, 2.75) is 6.92 Å². The highest BCUT2D eigenvalue weighted by Gasteiger charge is 2.23. The molecule has 0 aromatic heterocycles. The van der Waals surface area contributed by atoms with Gasteiger partial charge in [-0.25, -0.2) is 9.59 Å². The third-order valence-electron chi connectivity index (χ3n) is 5.52. The lowest BCUT2D eigenvalue weighted by Gasteiger charge is -2.17. The summed E-state index contributed by atoms with van der Waals surface area (Å²) in [4.78, 5) is 58.5. The standard InChI is InChI=1S/C26H20N2O8/c1-13-2-5-17-20(10-13)36-21-12-15(29)4-7-18(21)22(17)19-11-14(3-6-16(19)25(32)33)23(30)27-8-9-28-24(31)26(34)35/h2-7,10-12H,8-9H2,1H3,(H,27,30)(H,28,31)(H,32,33)(H,34,35). The number of carbonyl (C=O) groups excluding carboxylic acids is 2. The fraction of sp³-hybridized carbons (Fsp3) is 0.115. The number of fused-ring (bicyclic) bond motifs is 2. The van der Waals surface area contributed by atoms with Gasteiger partial charge in [0.15, 0.2) is 5.43 Å². The topological polar surface area (TPSA) is 163 Å². The van der Waals surface area contributed by atoms with Crippen molar-refractivity contribution in [1.82, 2.24) is 10.6 Å². The average molecular weight is 488 g/mol. The van der Waals surface area contributed by atoms with Gasteiger partial charge in [-0.05, 0) is 54.4 Å². The first-order valence-corrected chi connectivity index (χ1v) is 10.8. The average Bonchev–Trinajstić information content (AvgIpc) is 2.84. The van der Waals surface area contributed by atoms with Gasteiger partial charge in [0.1, 0.15) is 11.3 Å². The van der Waals surface area contributed by atoms with Gasteiger partial charge < -0.3 is 25.3 Å². The molecular weight excluding hydrogens is 468 g/mol. The van der Waals surface area contributed by atoms with Gasteiger partial charge in [-0.2, -0.15) is 0 Å². The van der Waals surface area contributed by atoms with Crippen molar-refractivity contribution >= 4 is 34.7 Å². The van der Waals surface area contributed by atoms with Crippen LogP contribution in [0.5, 0.6) is 0 Å². The lowest BCUT2D eigenvalue weighted by atomic mass is 9.89. The molecule has 2 amide bonds. The molecule has 1 aliphatic carbocycles. The van der Waals surface area contributed by atoms with Crippen molar-refractivity contribution in [2.24, 2.45) is 0 Å². The normalized spacial score (nSPS) is 10.8. The highest BCUT2D eigenvalue weighted by Crippen LogP contribution is 2.41. The molecule has 1 heterocycles. The summed E-state index contributed by atoms with van der Waals surface area (Å²) < 4.78 is 5.95. The minimum Gasteiger partial charge on any atom is -0.478 e. The number of hydrogen-bond acceptors (Lipinski definition) is 6. The molecule has 182 valence electrons. The van der Waals surface area contributed by atoms with Crippen LogP contribution < -0.4 is 16.1 Å². The first-order chi connectivity index (χ1) is 17.2. The summed E-state index contributed by atoms with van der Waals surface area (Å²) in [6.45, 7) is 1.72. The van der Waals surface area contributed by atoms with Gasteiger partial charge in [-0.1, -0.05) is 12.1 Å². The van der Waals surface area contributed by atoms with Crippen molar-refractivity contribution in [3.63, 3.8) is 0 Å². The second-order valence-electron chi connectivity index (χ2n) is 8.02. The summed E-state index contributed by atoms with van der Waals surface area (Å²) >= 11 is 0. The van der Waals surface area contributed by atoms with Crippen LogP contribution in [0.4, 0.5) is 0 Å². The molecule has 36 heavy (non-hydrogen) atoms. The van der Waals surface area contributed by atoms with Crippen LogP contribution in [0.1, 0.15) is 26.3 Å². The summed E-state index contributed by atoms with van der Waals surface area (Å²) in [5.74, 6) is -4.31. The molecule has 2 aromatic rings. The van der Waals surface area contributed by atoms with E-state index in [1.165, 1.54) is 30.3 Å². The molecule has 0 bridgehead atoms. The molecule has 4 N–H and O–H groups in total. The Morgan fingerprint density at radius 2 is 1.61 bits per heavy atom. The van der Waals surface area contributed by atoms with E-state index in [9.17, 15) is 29.1 Å². The number of aryl methyl sites for hydroxylation is 1. The summed E-state index contributed by atoms with van der Waals surface area (Å²) in [5, 5.41) is 23.8. The summed E-state index contributed by atoms with van der Waals surface area (Å²) in [5.41, 5.74) is 2.41. The molecular formula is C26H20N2O8. The van der Waals surface area contributed by atoms with Crippen LogP contribution in [0.3, 0.4) is 0 Å². The van der Waals surface area contributed by atoms with Gasteiger partial charge in [0.2, 0.25) is 0 Å². The number of carboxylic acids is 2. The van der Waals surface area contributed by atoms with E-state index in [2.05, 4.69) is 10.6 Å². The number of carboxylic acid groups (broad SMARTS) is 2. The van der Waals surface area contributed by atoms with E-state index in [4.69, 9.17) is 9.52 Å². The van der Waals surface area contributed by atoms with Gasteiger partial charge in [0.05, 0.1) is 5.56 Å². The minimum absolute atomic E-state index is 0.0461. The third kappa shape index (κ3) is 4.78. The van der Waals surface area contributed by atoms with Gasteiger partial charge in [-0.3, -0.25) is 14.4 Å². The summed E-state index contributed by atoms with van der Waals surface area (Å²) in [6.07, 6.45) is 0.